The Labute approximate surface area is 169 Å². The number of carbonyl (C=O) groups is 3. The van der Waals surface area contributed by atoms with Crippen molar-refractivity contribution in [1.29, 1.82) is 0 Å². The van der Waals surface area contributed by atoms with Crippen molar-refractivity contribution in [3.8, 4) is 0 Å². The molecule has 0 aromatic heterocycles. The Hall–Kier alpha value is -2.86. The van der Waals surface area contributed by atoms with Gasteiger partial charge in [0.25, 0.3) is 11.8 Å². The molecule has 2 aromatic rings. The molecule has 1 atom stereocenters. The predicted molar refractivity (Wildman–Crippen MR) is 111 cm³/mol. The predicted octanol–water partition coefficient (Wildman–Crippen LogP) is 3.43. The summed E-state index contributed by atoms with van der Waals surface area (Å²) in [5.74, 6) is -1.11. The SMILES string of the molecule is CC(C)C(NC(=O)c1ccccc1Cl)C(=O)Nc1cccc(C(=O)N(C)C)c1. The summed E-state index contributed by atoms with van der Waals surface area (Å²) in [6.07, 6.45) is 0. The molecule has 0 saturated carbocycles. The first kappa shape index (κ1) is 21.4. The summed E-state index contributed by atoms with van der Waals surface area (Å²) in [5, 5.41) is 5.83. The molecule has 2 aromatic carbocycles. The number of carbonyl (C=O) groups excluding carboxylic acids is 3. The van der Waals surface area contributed by atoms with E-state index in [2.05, 4.69) is 10.6 Å². The zero-order valence-electron chi connectivity index (χ0n) is 16.3. The van der Waals surface area contributed by atoms with Crippen molar-refractivity contribution in [2.75, 3.05) is 19.4 Å². The summed E-state index contributed by atoms with van der Waals surface area (Å²) in [6.45, 7) is 3.67. The number of anilines is 1. The highest BCUT2D eigenvalue weighted by atomic mass is 35.5. The van der Waals surface area contributed by atoms with Crippen LogP contribution in [-0.4, -0.2) is 42.8 Å². The largest absolute Gasteiger partial charge is 0.345 e. The molecule has 7 heteroatoms. The average Bonchev–Trinajstić information content (AvgIpc) is 2.65. The molecule has 0 radical (unpaired) electrons. The van der Waals surface area contributed by atoms with Crippen molar-refractivity contribution in [2.24, 2.45) is 5.92 Å². The number of hydrogen-bond donors (Lipinski definition) is 2. The second-order valence-electron chi connectivity index (χ2n) is 6.94. The van der Waals surface area contributed by atoms with Crippen molar-refractivity contribution in [1.82, 2.24) is 10.2 Å². The first-order chi connectivity index (χ1) is 13.2. The third kappa shape index (κ3) is 5.33. The highest BCUT2D eigenvalue weighted by molar-refractivity contribution is 6.33. The van der Waals surface area contributed by atoms with Crippen LogP contribution in [0, 0.1) is 5.92 Å². The second-order valence-corrected chi connectivity index (χ2v) is 7.35. The van der Waals surface area contributed by atoms with E-state index in [-0.39, 0.29) is 17.7 Å². The number of nitrogens with zero attached hydrogens (tertiary/aromatic N) is 1. The van der Waals surface area contributed by atoms with Gasteiger partial charge in [0.05, 0.1) is 10.6 Å². The van der Waals surface area contributed by atoms with E-state index in [0.717, 1.165) is 0 Å². The topological polar surface area (TPSA) is 78.5 Å². The van der Waals surface area contributed by atoms with Crippen LogP contribution in [0.25, 0.3) is 0 Å². The molecule has 1 unspecified atom stereocenters. The lowest BCUT2D eigenvalue weighted by molar-refractivity contribution is -0.118. The second kappa shape index (κ2) is 9.37. The Morgan fingerprint density at radius 1 is 1.00 bits per heavy atom. The van der Waals surface area contributed by atoms with Gasteiger partial charge in [-0.15, -0.1) is 0 Å². The van der Waals surface area contributed by atoms with Crippen LogP contribution in [0.2, 0.25) is 5.02 Å². The Bertz CT molecular complexity index is 881. The summed E-state index contributed by atoms with van der Waals surface area (Å²) in [6, 6.07) is 12.6. The van der Waals surface area contributed by atoms with Gasteiger partial charge in [-0.2, -0.15) is 0 Å². The van der Waals surface area contributed by atoms with Crippen molar-refractivity contribution in [2.45, 2.75) is 19.9 Å². The van der Waals surface area contributed by atoms with Crippen LogP contribution in [0.3, 0.4) is 0 Å². The van der Waals surface area contributed by atoms with Gasteiger partial charge in [-0.1, -0.05) is 43.6 Å². The number of nitrogens with one attached hydrogen (secondary N) is 2. The molecule has 2 rings (SSSR count). The Kier molecular flexibility index (Phi) is 7.18. The summed E-state index contributed by atoms with van der Waals surface area (Å²) in [7, 11) is 3.32. The van der Waals surface area contributed by atoms with E-state index in [4.69, 9.17) is 11.6 Å². The quantitative estimate of drug-likeness (QED) is 0.778. The highest BCUT2D eigenvalue weighted by Crippen LogP contribution is 2.17. The molecule has 0 aliphatic rings. The molecule has 0 spiro atoms. The molecule has 0 aliphatic heterocycles. The molecule has 0 bridgehead atoms. The minimum atomic E-state index is -0.767. The Morgan fingerprint density at radius 3 is 2.29 bits per heavy atom. The zero-order valence-corrected chi connectivity index (χ0v) is 17.1. The summed E-state index contributed by atoms with van der Waals surface area (Å²) in [5.41, 5.74) is 1.25. The number of rotatable bonds is 6. The van der Waals surface area contributed by atoms with Crippen molar-refractivity contribution in [3.63, 3.8) is 0 Å². The number of hydrogen-bond acceptors (Lipinski definition) is 3. The minimum absolute atomic E-state index is 0.155. The first-order valence-corrected chi connectivity index (χ1v) is 9.26. The van der Waals surface area contributed by atoms with Crippen LogP contribution in [0.15, 0.2) is 48.5 Å². The van der Waals surface area contributed by atoms with Gasteiger partial charge in [0, 0.05) is 25.3 Å². The van der Waals surface area contributed by atoms with Gasteiger partial charge in [0.2, 0.25) is 5.91 Å². The molecule has 0 saturated heterocycles. The van der Waals surface area contributed by atoms with E-state index in [9.17, 15) is 14.4 Å². The molecular formula is C21H24ClN3O3. The fraction of sp³-hybridized carbons (Fsp3) is 0.286. The van der Waals surface area contributed by atoms with Crippen LogP contribution >= 0.6 is 11.6 Å². The van der Waals surface area contributed by atoms with E-state index < -0.39 is 11.9 Å². The molecule has 148 valence electrons. The van der Waals surface area contributed by atoms with Gasteiger partial charge in [0.15, 0.2) is 0 Å². The van der Waals surface area contributed by atoms with Crippen LogP contribution in [0.4, 0.5) is 5.69 Å². The normalized spacial score (nSPS) is 11.6. The van der Waals surface area contributed by atoms with E-state index in [1.54, 1.807) is 62.6 Å². The molecule has 2 N–H and O–H groups in total. The molecule has 6 nitrogen and oxygen atoms in total. The Morgan fingerprint density at radius 2 is 1.68 bits per heavy atom. The van der Waals surface area contributed by atoms with E-state index in [1.807, 2.05) is 13.8 Å². The van der Waals surface area contributed by atoms with Crippen LogP contribution < -0.4 is 10.6 Å². The summed E-state index contributed by atoms with van der Waals surface area (Å²) >= 11 is 6.07. The van der Waals surface area contributed by atoms with E-state index in [1.165, 1.54) is 4.90 Å². The van der Waals surface area contributed by atoms with Crippen LogP contribution in [0.5, 0.6) is 0 Å². The zero-order chi connectivity index (χ0) is 20.8. The lowest BCUT2D eigenvalue weighted by atomic mass is 10.0. The van der Waals surface area contributed by atoms with E-state index in [0.29, 0.717) is 21.8 Å². The van der Waals surface area contributed by atoms with Gasteiger partial charge in [-0.25, -0.2) is 0 Å². The lowest BCUT2D eigenvalue weighted by Crippen LogP contribution is -2.47. The van der Waals surface area contributed by atoms with Crippen molar-refractivity contribution in [3.05, 3.63) is 64.7 Å². The van der Waals surface area contributed by atoms with Gasteiger partial charge >= 0.3 is 0 Å². The number of amides is 3. The van der Waals surface area contributed by atoms with E-state index >= 15 is 0 Å². The summed E-state index contributed by atoms with van der Waals surface area (Å²) < 4.78 is 0. The monoisotopic (exact) mass is 401 g/mol. The third-order valence-electron chi connectivity index (χ3n) is 4.14. The molecule has 0 heterocycles. The molecule has 0 fully saturated rings. The highest BCUT2D eigenvalue weighted by Gasteiger charge is 2.25. The maximum absolute atomic E-state index is 12.8. The standard InChI is InChI=1S/C21H24ClN3O3/c1-13(2)18(24-19(26)16-10-5-6-11-17(16)22)20(27)23-15-9-7-8-14(12-15)21(28)25(3)4/h5-13,18H,1-4H3,(H,23,27)(H,24,26). The van der Waals surface area contributed by atoms with Crippen LogP contribution in [-0.2, 0) is 4.79 Å². The van der Waals surface area contributed by atoms with Gasteiger partial charge in [-0.3, -0.25) is 14.4 Å². The van der Waals surface area contributed by atoms with Crippen molar-refractivity contribution >= 4 is 35.0 Å². The van der Waals surface area contributed by atoms with Crippen molar-refractivity contribution < 1.29 is 14.4 Å². The molecular weight excluding hydrogens is 378 g/mol. The molecule has 3 amide bonds. The summed E-state index contributed by atoms with van der Waals surface area (Å²) in [4.78, 5) is 38.9. The fourth-order valence-corrected chi connectivity index (χ4v) is 2.83. The van der Waals surface area contributed by atoms with Gasteiger partial charge < -0.3 is 15.5 Å². The van der Waals surface area contributed by atoms with Gasteiger partial charge in [0.1, 0.15) is 6.04 Å². The minimum Gasteiger partial charge on any atom is -0.345 e. The van der Waals surface area contributed by atoms with Gasteiger partial charge in [-0.05, 0) is 36.2 Å². The fourth-order valence-electron chi connectivity index (χ4n) is 2.61. The molecule has 28 heavy (non-hydrogen) atoms. The maximum atomic E-state index is 12.8. The maximum Gasteiger partial charge on any atom is 0.253 e. The third-order valence-corrected chi connectivity index (χ3v) is 4.47. The average molecular weight is 402 g/mol. The lowest BCUT2D eigenvalue weighted by Gasteiger charge is -2.22. The molecule has 0 aliphatic carbocycles. The van der Waals surface area contributed by atoms with Crippen LogP contribution in [0.1, 0.15) is 34.6 Å². The Balaban J connectivity index is 2.16. The first-order valence-electron chi connectivity index (χ1n) is 8.88. The smallest absolute Gasteiger partial charge is 0.253 e. The number of halogens is 1. The number of benzene rings is 2.